The van der Waals surface area contributed by atoms with Gasteiger partial charge in [-0.3, -0.25) is 0 Å². The molecule has 0 aliphatic carbocycles. The van der Waals surface area contributed by atoms with Gasteiger partial charge >= 0.3 is 0 Å². The number of hydrogen-bond donors (Lipinski definition) is 1. The highest BCUT2D eigenvalue weighted by molar-refractivity contribution is 6.29. The summed E-state index contributed by atoms with van der Waals surface area (Å²) in [5, 5.41) is 18.2. The number of nitriles is 1. The van der Waals surface area contributed by atoms with Crippen LogP contribution in [0, 0.1) is 18.3 Å². The normalized spacial score (nSPS) is 18.3. The van der Waals surface area contributed by atoms with Crippen molar-refractivity contribution in [1.82, 2.24) is 24.5 Å². The predicted molar refractivity (Wildman–Crippen MR) is 132 cm³/mol. The Morgan fingerprint density at radius 2 is 2.00 bits per heavy atom. The van der Waals surface area contributed by atoms with E-state index in [-0.39, 0.29) is 12.1 Å². The minimum Gasteiger partial charge on any atom is -0.378 e. The molecule has 0 bridgehead atoms. The van der Waals surface area contributed by atoms with Crippen LogP contribution in [0.5, 0.6) is 0 Å². The molecule has 4 heterocycles. The number of nitrogens with one attached hydrogen (secondary N) is 1. The highest BCUT2D eigenvalue weighted by Gasteiger charge is 2.31. The third-order valence-electron chi connectivity index (χ3n) is 6.05. The molecule has 0 spiro atoms. The van der Waals surface area contributed by atoms with Gasteiger partial charge in [0.1, 0.15) is 16.7 Å². The van der Waals surface area contributed by atoms with Crippen molar-refractivity contribution in [2.75, 3.05) is 32.6 Å². The minimum atomic E-state index is 0.0818. The van der Waals surface area contributed by atoms with Crippen molar-refractivity contribution in [3.63, 3.8) is 0 Å². The number of anilines is 1. The van der Waals surface area contributed by atoms with Crippen LogP contribution < -0.4 is 5.32 Å². The van der Waals surface area contributed by atoms with E-state index in [4.69, 9.17) is 26.4 Å². The molecule has 1 saturated heterocycles. The van der Waals surface area contributed by atoms with Gasteiger partial charge in [-0.25, -0.2) is 14.5 Å². The largest absolute Gasteiger partial charge is 0.378 e. The summed E-state index contributed by atoms with van der Waals surface area (Å²) in [5.74, 6) is 0.741. The van der Waals surface area contributed by atoms with Gasteiger partial charge in [-0.05, 0) is 49.9 Å². The molecule has 3 aromatic heterocycles. The fourth-order valence-corrected chi connectivity index (χ4v) is 4.77. The second-order valence-electron chi connectivity index (χ2n) is 8.56. The van der Waals surface area contributed by atoms with Crippen molar-refractivity contribution in [3.8, 4) is 28.5 Å². The maximum atomic E-state index is 9.40. The second-order valence-corrected chi connectivity index (χ2v) is 8.95. The van der Waals surface area contributed by atoms with E-state index in [1.165, 1.54) is 0 Å². The molecule has 1 N–H and O–H groups in total. The van der Waals surface area contributed by atoms with Crippen molar-refractivity contribution >= 4 is 23.1 Å². The highest BCUT2D eigenvalue weighted by Crippen LogP contribution is 2.36. The Kier molecular flexibility index (Phi) is 5.92. The Morgan fingerprint density at radius 3 is 2.76 bits per heavy atom. The number of nitrogens with zero attached hydrogens (tertiary/aromatic N) is 6. The molecule has 0 radical (unpaired) electrons. The lowest BCUT2D eigenvalue weighted by atomic mass is 10.00. The summed E-state index contributed by atoms with van der Waals surface area (Å²) in [6, 6.07) is 15.4. The molecule has 34 heavy (non-hydrogen) atoms. The van der Waals surface area contributed by atoms with Gasteiger partial charge in [0.2, 0.25) is 0 Å². The van der Waals surface area contributed by atoms with Gasteiger partial charge in [0, 0.05) is 37.7 Å². The molecule has 2 atom stereocenters. The Morgan fingerprint density at radius 1 is 1.15 bits per heavy atom. The van der Waals surface area contributed by atoms with E-state index in [1.54, 1.807) is 17.7 Å². The molecule has 9 heteroatoms. The van der Waals surface area contributed by atoms with Crippen LogP contribution in [0.15, 0.2) is 48.7 Å². The maximum absolute atomic E-state index is 9.40. The van der Waals surface area contributed by atoms with Crippen LogP contribution in [0.4, 0.5) is 5.82 Å². The van der Waals surface area contributed by atoms with Crippen molar-refractivity contribution < 1.29 is 4.74 Å². The molecule has 1 fully saturated rings. The van der Waals surface area contributed by atoms with E-state index in [9.17, 15) is 5.26 Å². The number of pyridine rings is 1. The lowest BCUT2D eigenvalue weighted by Crippen LogP contribution is -2.33. The number of halogens is 1. The minimum absolute atomic E-state index is 0.0818. The first-order valence-corrected chi connectivity index (χ1v) is 11.4. The van der Waals surface area contributed by atoms with Gasteiger partial charge in [0.25, 0.3) is 0 Å². The zero-order chi connectivity index (χ0) is 23.8. The summed E-state index contributed by atoms with van der Waals surface area (Å²) in [5.41, 5.74) is 5.29. The molecule has 1 aliphatic heterocycles. The van der Waals surface area contributed by atoms with Gasteiger partial charge in [-0.15, -0.1) is 0 Å². The molecule has 1 aromatic carbocycles. The van der Waals surface area contributed by atoms with Crippen LogP contribution >= 0.6 is 11.6 Å². The molecular weight excluding hydrogens is 450 g/mol. The number of hydrogen-bond acceptors (Lipinski definition) is 7. The molecule has 4 aromatic rings. The lowest BCUT2D eigenvalue weighted by molar-refractivity contribution is 0.104. The van der Waals surface area contributed by atoms with E-state index in [2.05, 4.69) is 28.3 Å². The van der Waals surface area contributed by atoms with Gasteiger partial charge in [0.15, 0.2) is 5.65 Å². The van der Waals surface area contributed by atoms with Gasteiger partial charge in [-0.1, -0.05) is 23.7 Å². The first-order valence-electron chi connectivity index (χ1n) is 11.0. The SMILES string of the molecule is COC1CN(C)CC1Nc1ccn2nc(-c3cccc(C#N)c3)c(-c3cc(C)nc(Cl)c3)c2n1. The van der Waals surface area contributed by atoms with Crippen LogP contribution in [-0.4, -0.2) is 63.9 Å². The summed E-state index contributed by atoms with van der Waals surface area (Å²) in [4.78, 5) is 11.5. The first-order chi connectivity index (χ1) is 16.4. The highest BCUT2D eigenvalue weighted by atomic mass is 35.5. The molecule has 5 rings (SSSR count). The quantitative estimate of drug-likeness (QED) is 0.437. The average molecular weight is 474 g/mol. The number of rotatable bonds is 5. The molecule has 0 saturated carbocycles. The summed E-state index contributed by atoms with van der Waals surface area (Å²) in [7, 11) is 3.82. The van der Waals surface area contributed by atoms with Gasteiger partial charge in [-0.2, -0.15) is 10.4 Å². The van der Waals surface area contributed by atoms with Crippen LogP contribution in [0.1, 0.15) is 11.3 Å². The second kappa shape index (κ2) is 9.03. The van der Waals surface area contributed by atoms with Crippen molar-refractivity contribution in [3.05, 3.63) is 65.1 Å². The smallest absolute Gasteiger partial charge is 0.165 e. The van der Waals surface area contributed by atoms with E-state index in [0.717, 1.165) is 47.0 Å². The van der Waals surface area contributed by atoms with Gasteiger partial charge < -0.3 is 15.0 Å². The van der Waals surface area contributed by atoms with Crippen LogP contribution in [0.2, 0.25) is 5.15 Å². The molecule has 1 aliphatic rings. The predicted octanol–water partition coefficient (Wildman–Crippen LogP) is 4.03. The van der Waals surface area contributed by atoms with Crippen LogP contribution in [-0.2, 0) is 4.74 Å². The standard InChI is InChI=1S/C25H24ClN7O/c1-15-9-18(11-21(26)28-15)23-24(17-6-4-5-16(10-17)12-27)31-33-8-7-22(30-25(23)33)29-19-13-32(2)14-20(19)34-3/h4-11,19-20H,13-14H2,1-3H3,(H,29,30). The number of methoxy groups -OCH3 is 1. The van der Waals surface area contributed by atoms with Crippen molar-refractivity contribution in [2.45, 2.75) is 19.1 Å². The third kappa shape index (κ3) is 4.21. The molecule has 2 unspecified atom stereocenters. The first kappa shape index (κ1) is 22.3. The zero-order valence-corrected chi connectivity index (χ0v) is 19.9. The number of likely N-dealkylation sites (tertiary alicyclic amines) is 1. The number of aryl methyl sites for hydroxylation is 1. The number of benzene rings is 1. The van der Waals surface area contributed by atoms with E-state index in [1.807, 2.05) is 49.5 Å². The number of ether oxygens (including phenoxy) is 1. The zero-order valence-electron chi connectivity index (χ0n) is 19.2. The van der Waals surface area contributed by atoms with E-state index < -0.39 is 0 Å². The number of likely N-dealkylation sites (N-methyl/N-ethyl adjacent to an activating group) is 1. The molecule has 8 nitrogen and oxygen atoms in total. The Labute approximate surface area is 202 Å². The molecular formula is C25H24ClN7O. The summed E-state index contributed by atoms with van der Waals surface area (Å²) in [6.45, 7) is 3.63. The molecule has 172 valence electrons. The average Bonchev–Trinajstić information content (AvgIpc) is 3.38. The number of fused-ring (bicyclic) bond motifs is 1. The monoisotopic (exact) mass is 473 g/mol. The fraction of sp³-hybridized carbons (Fsp3) is 0.280. The fourth-order valence-electron chi connectivity index (χ4n) is 4.52. The summed E-state index contributed by atoms with van der Waals surface area (Å²) >= 11 is 6.32. The lowest BCUT2D eigenvalue weighted by Gasteiger charge is -2.19. The Hall–Kier alpha value is -3.51. The van der Waals surface area contributed by atoms with Crippen molar-refractivity contribution in [1.29, 1.82) is 5.26 Å². The maximum Gasteiger partial charge on any atom is 0.165 e. The topological polar surface area (TPSA) is 91.4 Å². The van der Waals surface area contributed by atoms with Gasteiger partial charge in [0.05, 0.1) is 29.3 Å². The summed E-state index contributed by atoms with van der Waals surface area (Å²) in [6.07, 6.45) is 1.97. The van der Waals surface area contributed by atoms with E-state index >= 15 is 0 Å². The summed E-state index contributed by atoms with van der Waals surface area (Å²) < 4.78 is 7.42. The number of aromatic nitrogens is 4. The van der Waals surface area contributed by atoms with E-state index in [0.29, 0.717) is 16.4 Å². The Bertz CT molecular complexity index is 1390. The Balaban J connectivity index is 1.67. The third-order valence-corrected chi connectivity index (χ3v) is 6.24. The van der Waals surface area contributed by atoms with Crippen LogP contribution in [0.3, 0.4) is 0 Å². The molecule has 0 amide bonds. The van der Waals surface area contributed by atoms with Crippen molar-refractivity contribution in [2.24, 2.45) is 0 Å². The van der Waals surface area contributed by atoms with Crippen LogP contribution in [0.25, 0.3) is 28.0 Å².